The second-order valence-corrected chi connectivity index (χ2v) is 6.14. The molecule has 0 aliphatic heterocycles. The fourth-order valence-corrected chi connectivity index (χ4v) is 3.01. The Morgan fingerprint density at radius 3 is 2.65 bits per heavy atom. The van der Waals surface area contributed by atoms with Crippen molar-refractivity contribution in [3.63, 3.8) is 0 Å². The van der Waals surface area contributed by atoms with Crippen molar-refractivity contribution < 1.29 is 4.39 Å². The first-order valence-electron chi connectivity index (χ1n) is 5.94. The predicted octanol–water partition coefficient (Wildman–Crippen LogP) is 4.34. The van der Waals surface area contributed by atoms with Crippen LogP contribution in [0.4, 0.5) is 4.39 Å². The van der Waals surface area contributed by atoms with Gasteiger partial charge in [0.15, 0.2) is 0 Å². The van der Waals surface area contributed by atoms with Crippen molar-refractivity contribution in [3.8, 4) is 0 Å². The third-order valence-corrected chi connectivity index (χ3v) is 4.29. The van der Waals surface area contributed by atoms with Gasteiger partial charge in [0.05, 0.1) is 4.47 Å². The topological polar surface area (TPSA) is 3.24 Å². The maximum absolute atomic E-state index is 13.2. The zero-order valence-electron chi connectivity index (χ0n) is 9.63. The van der Waals surface area contributed by atoms with E-state index in [0.717, 1.165) is 24.5 Å². The van der Waals surface area contributed by atoms with Gasteiger partial charge in [0.1, 0.15) is 5.82 Å². The largest absolute Gasteiger partial charge is 0.295 e. The molecule has 1 aliphatic rings. The first kappa shape index (κ1) is 13.5. The Kier molecular flexibility index (Phi) is 5.00. The van der Waals surface area contributed by atoms with E-state index in [1.165, 1.54) is 30.9 Å². The second-order valence-electron chi connectivity index (χ2n) is 4.49. The molecule has 4 heteroatoms. The van der Waals surface area contributed by atoms with Crippen LogP contribution >= 0.6 is 31.9 Å². The van der Waals surface area contributed by atoms with Gasteiger partial charge in [0.25, 0.3) is 0 Å². The van der Waals surface area contributed by atoms with Crippen LogP contribution in [0.1, 0.15) is 24.8 Å². The third-order valence-electron chi connectivity index (χ3n) is 3.33. The van der Waals surface area contributed by atoms with Crippen molar-refractivity contribution in [2.24, 2.45) is 0 Å². The molecular weight excluding hydrogens is 349 g/mol. The molecule has 1 aromatic carbocycles. The molecule has 0 heterocycles. The van der Waals surface area contributed by atoms with Gasteiger partial charge in [0.2, 0.25) is 0 Å². The lowest BCUT2D eigenvalue weighted by atomic mass is 9.91. The lowest BCUT2D eigenvalue weighted by molar-refractivity contribution is 0.128. The molecule has 0 saturated heterocycles. The highest BCUT2D eigenvalue weighted by Crippen LogP contribution is 2.27. The summed E-state index contributed by atoms with van der Waals surface area (Å²) >= 11 is 6.74. The van der Waals surface area contributed by atoms with Crippen molar-refractivity contribution in [1.29, 1.82) is 0 Å². The second kappa shape index (κ2) is 6.30. The molecule has 1 aromatic rings. The normalized spacial score (nSPS) is 16.2. The number of alkyl halides is 1. The number of nitrogens with zero attached hydrogens (tertiary/aromatic N) is 1. The van der Waals surface area contributed by atoms with E-state index in [2.05, 4.69) is 36.8 Å². The van der Waals surface area contributed by atoms with Gasteiger partial charge in [0, 0.05) is 24.5 Å². The maximum Gasteiger partial charge on any atom is 0.137 e. The molecule has 2 rings (SSSR count). The maximum atomic E-state index is 13.2. The first-order valence-corrected chi connectivity index (χ1v) is 7.86. The monoisotopic (exact) mass is 363 g/mol. The Bertz CT molecular complexity index is 380. The van der Waals surface area contributed by atoms with Crippen LogP contribution in [-0.2, 0) is 6.54 Å². The van der Waals surface area contributed by atoms with Crippen molar-refractivity contribution in [2.45, 2.75) is 31.8 Å². The summed E-state index contributed by atoms with van der Waals surface area (Å²) in [6, 6.07) is 6.01. The van der Waals surface area contributed by atoms with Gasteiger partial charge in [-0.15, -0.1) is 0 Å². The van der Waals surface area contributed by atoms with Crippen molar-refractivity contribution in [1.82, 2.24) is 4.90 Å². The summed E-state index contributed by atoms with van der Waals surface area (Å²) in [6.07, 6.45) is 3.95. The minimum atomic E-state index is -0.190. The molecular formula is C13H16Br2FN. The van der Waals surface area contributed by atoms with Crippen LogP contribution in [0.5, 0.6) is 0 Å². The molecule has 0 unspecified atom stereocenters. The van der Waals surface area contributed by atoms with Crippen LogP contribution in [0.2, 0.25) is 0 Å². The minimum absolute atomic E-state index is 0.190. The van der Waals surface area contributed by atoms with Gasteiger partial charge < -0.3 is 0 Å². The fraction of sp³-hybridized carbons (Fsp3) is 0.538. The minimum Gasteiger partial charge on any atom is -0.295 e. The lowest BCUT2D eigenvalue weighted by Crippen LogP contribution is -2.40. The molecule has 1 fully saturated rings. The van der Waals surface area contributed by atoms with E-state index in [9.17, 15) is 4.39 Å². The van der Waals surface area contributed by atoms with E-state index < -0.39 is 0 Å². The molecule has 0 atom stereocenters. The molecule has 0 radical (unpaired) electrons. The number of rotatable bonds is 5. The van der Waals surface area contributed by atoms with Crippen molar-refractivity contribution in [2.75, 3.05) is 11.9 Å². The van der Waals surface area contributed by atoms with E-state index in [0.29, 0.717) is 4.47 Å². The molecule has 1 saturated carbocycles. The number of benzene rings is 1. The molecule has 94 valence electrons. The Morgan fingerprint density at radius 1 is 1.35 bits per heavy atom. The molecule has 0 N–H and O–H groups in total. The zero-order chi connectivity index (χ0) is 12.3. The number of hydrogen-bond donors (Lipinski definition) is 0. The van der Waals surface area contributed by atoms with Crippen LogP contribution in [-0.4, -0.2) is 22.8 Å². The number of halogens is 3. The van der Waals surface area contributed by atoms with Gasteiger partial charge in [-0.1, -0.05) is 28.4 Å². The van der Waals surface area contributed by atoms with E-state index >= 15 is 0 Å². The quantitative estimate of drug-likeness (QED) is 0.702. The molecule has 0 spiro atoms. The molecule has 1 aliphatic carbocycles. The predicted molar refractivity (Wildman–Crippen MR) is 75.9 cm³/mol. The van der Waals surface area contributed by atoms with Crippen LogP contribution in [0.3, 0.4) is 0 Å². The molecule has 1 nitrogen and oxygen atoms in total. The summed E-state index contributed by atoms with van der Waals surface area (Å²) in [4.78, 5) is 2.48. The van der Waals surface area contributed by atoms with Gasteiger partial charge in [-0.3, -0.25) is 4.90 Å². The van der Waals surface area contributed by atoms with Gasteiger partial charge in [-0.25, -0.2) is 4.39 Å². The standard InChI is InChI=1S/C13H16Br2FN/c14-6-7-17(11-2-1-3-11)9-10-4-5-13(16)12(15)8-10/h4-5,8,11H,1-3,6-7,9H2. The lowest BCUT2D eigenvalue weighted by Gasteiger charge is -2.37. The van der Waals surface area contributed by atoms with Crippen molar-refractivity contribution >= 4 is 31.9 Å². The molecule has 0 bridgehead atoms. The third kappa shape index (κ3) is 3.52. The average Bonchev–Trinajstić information content (AvgIpc) is 2.21. The highest BCUT2D eigenvalue weighted by Gasteiger charge is 2.24. The SMILES string of the molecule is Fc1ccc(CN(CCBr)C2CCC2)cc1Br. The smallest absolute Gasteiger partial charge is 0.137 e. The van der Waals surface area contributed by atoms with E-state index in [-0.39, 0.29) is 5.82 Å². The van der Waals surface area contributed by atoms with Crippen LogP contribution in [0.15, 0.2) is 22.7 Å². The summed E-state index contributed by atoms with van der Waals surface area (Å²) in [5.74, 6) is -0.190. The summed E-state index contributed by atoms with van der Waals surface area (Å²) in [6.45, 7) is 1.97. The number of hydrogen-bond acceptors (Lipinski definition) is 1. The average molecular weight is 365 g/mol. The highest BCUT2D eigenvalue weighted by atomic mass is 79.9. The summed E-state index contributed by atoms with van der Waals surface area (Å²) in [5.41, 5.74) is 1.17. The first-order chi connectivity index (χ1) is 8.20. The van der Waals surface area contributed by atoms with E-state index in [1.54, 1.807) is 0 Å². The summed E-state index contributed by atoms with van der Waals surface area (Å²) < 4.78 is 13.7. The van der Waals surface area contributed by atoms with Crippen molar-refractivity contribution in [3.05, 3.63) is 34.1 Å². The Morgan fingerprint density at radius 2 is 2.12 bits per heavy atom. The van der Waals surface area contributed by atoms with Gasteiger partial charge >= 0.3 is 0 Å². The fourth-order valence-electron chi connectivity index (χ4n) is 2.12. The van der Waals surface area contributed by atoms with Crippen LogP contribution in [0, 0.1) is 5.82 Å². The molecule has 0 amide bonds. The zero-order valence-corrected chi connectivity index (χ0v) is 12.8. The molecule has 17 heavy (non-hydrogen) atoms. The van der Waals surface area contributed by atoms with Crippen LogP contribution < -0.4 is 0 Å². The van der Waals surface area contributed by atoms with Gasteiger partial charge in [-0.2, -0.15) is 0 Å². The van der Waals surface area contributed by atoms with Crippen LogP contribution in [0.25, 0.3) is 0 Å². The van der Waals surface area contributed by atoms with Gasteiger partial charge in [-0.05, 0) is 46.5 Å². The Hall–Kier alpha value is 0.0700. The highest BCUT2D eigenvalue weighted by molar-refractivity contribution is 9.10. The summed E-state index contributed by atoms with van der Waals surface area (Å²) in [7, 11) is 0. The Labute approximate surface area is 119 Å². The molecule has 0 aromatic heterocycles. The Balaban J connectivity index is 2.02. The summed E-state index contributed by atoms with van der Waals surface area (Å²) in [5, 5.41) is 0.992. The van der Waals surface area contributed by atoms with E-state index in [4.69, 9.17) is 0 Å². The van der Waals surface area contributed by atoms with E-state index in [1.807, 2.05) is 12.1 Å².